The summed E-state index contributed by atoms with van der Waals surface area (Å²) in [5.74, 6) is -0.424. The number of ketones is 1. The molecule has 0 aromatic carbocycles. The molecule has 0 heterocycles. The minimum atomic E-state index is -0.492. The van der Waals surface area contributed by atoms with Crippen LogP contribution >= 0.6 is 0 Å². The Bertz CT molecular complexity index is 238. The van der Waals surface area contributed by atoms with Crippen LogP contribution in [0.5, 0.6) is 0 Å². The van der Waals surface area contributed by atoms with E-state index in [4.69, 9.17) is 0 Å². The van der Waals surface area contributed by atoms with E-state index in [1.807, 2.05) is 27.7 Å². The maximum absolute atomic E-state index is 12.1. The fourth-order valence-corrected chi connectivity index (χ4v) is 1.15. The molecule has 15 heavy (non-hydrogen) atoms. The average molecular weight is 216 g/mol. The molecule has 0 aromatic rings. The number of hydrogen-bond acceptors (Lipinski definition) is 2. The summed E-state index contributed by atoms with van der Waals surface area (Å²) in [5, 5.41) is 9.62. The molecule has 3 heteroatoms. The maximum atomic E-state index is 12.1. The molecular formula is C12H21FO2. The molecule has 0 aliphatic rings. The molecule has 0 aromatic heterocycles. The van der Waals surface area contributed by atoms with Crippen LogP contribution in [0, 0.1) is 11.3 Å². The number of carbonyl (C=O) groups excluding carboxylic acids is 1. The third-order valence-corrected chi connectivity index (χ3v) is 2.40. The van der Waals surface area contributed by atoms with Gasteiger partial charge in [0.05, 0.1) is 6.67 Å². The van der Waals surface area contributed by atoms with Crippen LogP contribution in [0.1, 0.15) is 40.5 Å². The Morgan fingerprint density at radius 1 is 1.47 bits per heavy atom. The largest absolute Gasteiger partial charge is 0.512 e. The number of rotatable bonds is 5. The van der Waals surface area contributed by atoms with Crippen molar-refractivity contribution in [2.75, 3.05) is 6.67 Å². The van der Waals surface area contributed by atoms with Gasteiger partial charge in [0.25, 0.3) is 0 Å². The zero-order valence-corrected chi connectivity index (χ0v) is 10.0. The molecule has 1 N–H and O–H groups in total. The van der Waals surface area contributed by atoms with E-state index in [9.17, 15) is 14.3 Å². The van der Waals surface area contributed by atoms with Crippen LogP contribution in [0.25, 0.3) is 0 Å². The summed E-state index contributed by atoms with van der Waals surface area (Å²) in [5.41, 5.74) is -0.427. The molecule has 0 saturated heterocycles. The molecule has 1 unspecified atom stereocenters. The zero-order valence-electron chi connectivity index (χ0n) is 10.0. The van der Waals surface area contributed by atoms with Gasteiger partial charge in [-0.1, -0.05) is 27.7 Å². The molecule has 88 valence electrons. The highest BCUT2D eigenvalue weighted by molar-refractivity contribution is 5.92. The minimum absolute atomic E-state index is 0.0600. The van der Waals surface area contributed by atoms with Crippen molar-refractivity contribution in [1.82, 2.24) is 0 Å². The monoisotopic (exact) mass is 216 g/mol. The highest BCUT2D eigenvalue weighted by atomic mass is 19.1. The third kappa shape index (κ3) is 4.96. The molecule has 0 rings (SSSR count). The number of hydrogen-bond donors (Lipinski definition) is 1. The number of aliphatic hydroxyl groups excluding tert-OH is 1. The molecule has 0 aliphatic carbocycles. The first-order valence-electron chi connectivity index (χ1n) is 5.33. The van der Waals surface area contributed by atoms with Gasteiger partial charge in [-0.05, 0) is 12.8 Å². The Labute approximate surface area is 91.2 Å². The second kappa shape index (κ2) is 5.89. The van der Waals surface area contributed by atoms with Gasteiger partial charge in [-0.2, -0.15) is 0 Å². The van der Waals surface area contributed by atoms with Crippen LogP contribution in [0.15, 0.2) is 11.8 Å². The first kappa shape index (κ1) is 14.1. The fraction of sp³-hybridized carbons (Fsp3) is 0.750. The lowest BCUT2D eigenvalue weighted by Crippen LogP contribution is -2.16. The van der Waals surface area contributed by atoms with Crippen molar-refractivity contribution in [3.8, 4) is 0 Å². The van der Waals surface area contributed by atoms with Gasteiger partial charge >= 0.3 is 0 Å². The molecule has 0 saturated carbocycles. The number of alkyl halides is 1. The quantitative estimate of drug-likeness (QED) is 0.564. The van der Waals surface area contributed by atoms with E-state index in [0.717, 1.165) is 0 Å². The van der Waals surface area contributed by atoms with Crippen molar-refractivity contribution >= 4 is 5.78 Å². The zero-order chi connectivity index (χ0) is 12.1. The van der Waals surface area contributed by atoms with E-state index in [2.05, 4.69) is 0 Å². The molecule has 0 amide bonds. The van der Waals surface area contributed by atoms with Gasteiger partial charge in [-0.25, -0.2) is 0 Å². The molecule has 0 radical (unpaired) electrons. The van der Waals surface area contributed by atoms with Crippen molar-refractivity contribution in [3.05, 3.63) is 11.8 Å². The molecule has 2 nitrogen and oxygen atoms in total. The molecule has 0 fully saturated rings. The average Bonchev–Trinajstić information content (AvgIpc) is 2.12. The summed E-state index contributed by atoms with van der Waals surface area (Å²) in [6.45, 7) is 6.82. The van der Waals surface area contributed by atoms with Gasteiger partial charge in [0.2, 0.25) is 0 Å². The van der Waals surface area contributed by atoms with E-state index in [0.29, 0.717) is 6.42 Å². The summed E-state index contributed by atoms with van der Waals surface area (Å²) >= 11 is 0. The lowest BCUT2D eigenvalue weighted by molar-refractivity contribution is -0.118. The van der Waals surface area contributed by atoms with Crippen molar-refractivity contribution in [1.29, 1.82) is 0 Å². The first-order valence-corrected chi connectivity index (χ1v) is 5.33. The number of aliphatic hydroxyl groups is 1. The summed E-state index contributed by atoms with van der Waals surface area (Å²) < 4.78 is 12.1. The van der Waals surface area contributed by atoms with Gasteiger partial charge in [0.15, 0.2) is 5.78 Å². The SMILES string of the molecule is CCC(CCF)C(=O)/C=C(\O)C(C)(C)C. The van der Waals surface area contributed by atoms with Gasteiger partial charge in [-0.3, -0.25) is 9.18 Å². The van der Waals surface area contributed by atoms with Crippen LogP contribution in [0.4, 0.5) is 4.39 Å². The Balaban J connectivity index is 4.58. The Hall–Kier alpha value is -0.860. The van der Waals surface area contributed by atoms with Crippen LogP contribution in [-0.2, 0) is 4.79 Å². The van der Waals surface area contributed by atoms with Crippen LogP contribution < -0.4 is 0 Å². The summed E-state index contributed by atoms with van der Waals surface area (Å²) in [7, 11) is 0. The topological polar surface area (TPSA) is 37.3 Å². The number of allylic oxidation sites excluding steroid dienone is 2. The second-order valence-corrected chi connectivity index (χ2v) is 4.76. The van der Waals surface area contributed by atoms with E-state index in [1.165, 1.54) is 6.08 Å². The molecular weight excluding hydrogens is 195 g/mol. The summed E-state index contributed by atoms with van der Waals surface area (Å²) in [4.78, 5) is 11.6. The predicted molar refractivity (Wildman–Crippen MR) is 59.5 cm³/mol. The third-order valence-electron chi connectivity index (χ3n) is 2.40. The van der Waals surface area contributed by atoms with E-state index < -0.39 is 12.1 Å². The number of carbonyl (C=O) groups is 1. The lowest BCUT2D eigenvalue weighted by atomic mass is 9.90. The molecule has 1 atom stereocenters. The van der Waals surface area contributed by atoms with Crippen LogP contribution in [0.3, 0.4) is 0 Å². The summed E-state index contributed by atoms with van der Waals surface area (Å²) in [6, 6.07) is 0. The normalized spacial score (nSPS) is 15.1. The molecule has 0 aliphatic heterocycles. The van der Waals surface area contributed by atoms with E-state index in [1.54, 1.807) is 0 Å². The highest BCUT2D eigenvalue weighted by Crippen LogP contribution is 2.23. The first-order chi connectivity index (χ1) is 6.82. The molecule has 0 bridgehead atoms. The Morgan fingerprint density at radius 3 is 2.33 bits per heavy atom. The number of halogens is 1. The van der Waals surface area contributed by atoms with E-state index >= 15 is 0 Å². The lowest BCUT2D eigenvalue weighted by Gasteiger charge is -2.18. The van der Waals surface area contributed by atoms with Crippen molar-refractivity contribution in [3.63, 3.8) is 0 Å². The maximum Gasteiger partial charge on any atom is 0.162 e. The van der Waals surface area contributed by atoms with Gasteiger partial charge < -0.3 is 5.11 Å². The second-order valence-electron chi connectivity index (χ2n) is 4.76. The highest BCUT2D eigenvalue weighted by Gasteiger charge is 2.20. The minimum Gasteiger partial charge on any atom is -0.512 e. The smallest absolute Gasteiger partial charge is 0.162 e. The van der Waals surface area contributed by atoms with Crippen molar-refractivity contribution in [2.24, 2.45) is 11.3 Å². The fourth-order valence-electron chi connectivity index (χ4n) is 1.15. The Kier molecular flexibility index (Phi) is 5.55. The predicted octanol–water partition coefficient (Wildman–Crippen LogP) is 3.43. The molecule has 0 spiro atoms. The van der Waals surface area contributed by atoms with Gasteiger partial charge in [0, 0.05) is 17.4 Å². The standard InChI is InChI=1S/C12H21FO2/c1-5-9(6-7-13)10(14)8-11(15)12(2,3)4/h8-9,15H,5-7H2,1-4H3/b11-8-. The van der Waals surface area contributed by atoms with Gasteiger partial charge in [0.1, 0.15) is 5.76 Å². The van der Waals surface area contributed by atoms with Crippen molar-refractivity contribution in [2.45, 2.75) is 40.5 Å². The summed E-state index contributed by atoms with van der Waals surface area (Å²) in [6.07, 6.45) is 2.09. The van der Waals surface area contributed by atoms with Crippen LogP contribution in [0.2, 0.25) is 0 Å². The van der Waals surface area contributed by atoms with Gasteiger partial charge in [-0.15, -0.1) is 0 Å². The van der Waals surface area contributed by atoms with Crippen molar-refractivity contribution < 1.29 is 14.3 Å². The van der Waals surface area contributed by atoms with Crippen LogP contribution in [-0.4, -0.2) is 17.6 Å². The van der Waals surface area contributed by atoms with E-state index in [-0.39, 0.29) is 23.9 Å². The Morgan fingerprint density at radius 2 is 2.00 bits per heavy atom.